The molecule has 1 N–H and O–H groups in total. The molecule has 19 heavy (non-hydrogen) atoms. The van der Waals surface area contributed by atoms with Crippen molar-refractivity contribution in [1.82, 2.24) is 5.32 Å². The van der Waals surface area contributed by atoms with Gasteiger partial charge in [0.2, 0.25) is 5.91 Å². The van der Waals surface area contributed by atoms with Gasteiger partial charge < -0.3 is 5.32 Å². The van der Waals surface area contributed by atoms with Gasteiger partial charge in [0, 0.05) is 5.92 Å². The number of hydrogen-bond donors (Lipinski definition) is 1. The maximum Gasteiger partial charge on any atom is 0.224 e. The van der Waals surface area contributed by atoms with Gasteiger partial charge in [0.25, 0.3) is 0 Å². The first-order chi connectivity index (χ1) is 8.73. The molecule has 2 heteroatoms. The van der Waals surface area contributed by atoms with Gasteiger partial charge >= 0.3 is 0 Å². The minimum absolute atomic E-state index is 0.0192. The van der Waals surface area contributed by atoms with Gasteiger partial charge in [-0.15, -0.1) is 0 Å². The molecular weight excluding hydrogens is 234 g/mol. The van der Waals surface area contributed by atoms with Crippen molar-refractivity contribution in [2.75, 3.05) is 0 Å². The van der Waals surface area contributed by atoms with Crippen molar-refractivity contribution >= 4 is 5.91 Å². The maximum atomic E-state index is 12.5. The first-order valence-electron chi connectivity index (χ1n) is 7.08. The number of carbonyl (C=O) groups is 1. The minimum atomic E-state index is -0.0192. The molecule has 1 rings (SSSR count). The maximum absolute atomic E-state index is 12.5. The van der Waals surface area contributed by atoms with Crippen LogP contribution in [-0.4, -0.2) is 5.91 Å². The lowest BCUT2D eigenvalue weighted by atomic mass is 9.73. The van der Waals surface area contributed by atoms with Crippen LogP contribution in [0.15, 0.2) is 30.3 Å². The molecule has 106 valence electrons. The van der Waals surface area contributed by atoms with Gasteiger partial charge in [-0.2, -0.15) is 0 Å². The van der Waals surface area contributed by atoms with Crippen LogP contribution in [0.2, 0.25) is 0 Å². The van der Waals surface area contributed by atoms with E-state index in [-0.39, 0.29) is 23.3 Å². The van der Waals surface area contributed by atoms with E-state index in [0.717, 1.165) is 5.56 Å². The summed E-state index contributed by atoms with van der Waals surface area (Å²) in [6.07, 6.45) is 0. The highest BCUT2D eigenvalue weighted by molar-refractivity contribution is 5.80. The molecule has 2 atom stereocenters. The van der Waals surface area contributed by atoms with E-state index in [2.05, 4.69) is 39.9 Å². The Labute approximate surface area is 117 Å². The summed E-state index contributed by atoms with van der Waals surface area (Å²) < 4.78 is 0. The average molecular weight is 261 g/mol. The zero-order valence-corrected chi connectivity index (χ0v) is 13.0. The van der Waals surface area contributed by atoms with Crippen LogP contribution in [0, 0.1) is 17.3 Å². The van der Waals surface area contributed by atoms with E-state index < -0.39 is 0 Å². The van der Waals surface area contributed by atoms with Gasteiger partial charge in [-0.3, -0.25) is 4.79 Å². The standard InChI is InChI=1S/C17H27NO/c1-12(2)15(17(4,5)6)16(19)18-13(3)14-10-8-7-9-11-14/h7-13,15H,1-6H3,(H,18,19). The predicted octanol–water partition coefficient (Wildman–Crippen LogP) is 4.18. The molecule has 0 heterocycles. The molecule has 0 bridgehead atoms. The van der Waals surface area contributed by atoms with Crippen LogP contribution < -0.4 is 5.32 Å². The highest BCUT2D eigenvalue weighted by Gasteiger charge is 2.34. The summed E-state index contributed by atoms with van der Waals surface area (Å²) in [5, 5.41) is 3.15. The second kappa shape index (κ2) is 6.23. The van der Waals surface area contributed by atoms with Crippen molar-refractivity contribution in [3.8, 4) is 0 Å². The molecule has 1 aromatic carbocycles. The molecule has 0 fully saturated rings. The van der Waals surface area contributed by atoms with Gasteiger partial charge in [0.05, 0.1) is 6.04 Å². The molecular formula is C17H27NO. The minimum Gasteiger partial charge on any atom is -0.349 e. The van der Waals surface area contributed by atoms with Gasteiger partial charge in [0.1, 0.15) is 0 Å². The first kappa shape index (κ1) is 15.7. The lowest BCUT2D eigenvalue weighted by molar-refractivity contribution is -0.130. The smallest absolute Gasteiger partial charge is 0.224 e. The van der Waals surface area contributed by atoms with Crippen LogP contribution in [0.5, 0.6) is 0 Å². The topological polar surface area (TPSA) is 29.1 Å². The summed E-state index contributed by atoms with van der Waals surface area (Å²) in [6, 6.07) is 10.1. The molecule has 2 unspecified atom stereocenters. The highest BCUT2D eigenvalue weighted by atomic mass is 16.2. The third kappa shape index (κ3) is 4.38. The fourth-order valence-corrected chi connectivity index (χ4v) is 2.82. The molecule has 0 aliphatic rings. The van der Waals surface area contributed by atoms with E-state index in [1.165, 1.54) is 0 Å². The predicted molar refractivity (Wildman–Crippen MR) is 80.8 cm³/mol. The largest absolute Gasteiger partial charge is 0.349 e. The number of benzene rings is 1. The lowest BCUT2D eigenvalue weighted by Gasteiger charge is -2.33. The van der Waals surface area contributed by atoms with Crippen LogP contribution in [0.3, 0.4) is 0 Å². The van der Waals surface area contributed by atoms with E-state index in [1.807, 2.05) is 37.3 Å². The van der Waals surface area contributed by atoms with Crippen molar-refractivity contribution < 1.29 is 4.79 Å². The fraction of sp³-hybridized carbons (Fsp3) is 0.588. The monoisotopic (exact) mass is 261 g/mol. The number of rotatable bonds is 4. The molecule has 0 saturated heterocycles. The SMILES string of the molecule is CC(NC(=O)C(C(C)C)C(C)(C)C)c1ccccc1. The molecule has 1 amide bonds. The van der Waals surface area contributed by atoms with E-state index in [9.17, 15) is 4.79 Å². The Kier molecular flexibility index (Phi) is 5.16. The molecule has 0 radical (unpaired) electrons. The zero-order chi connectivity index (χ0) is 14.6. The summed E-state index contributed by atoms with van der Waals surface area (Å²) in [4.78, 5) is 12.5. The Morgan fingerprint density at radius 3 is 2.00 bits per heavy atom. The Morgan fingerprint density at radius 2 is 1.58 bits per heavy atom. The zero-order valence-electron chi connectivity index (χ0n) is 13.0. The summed E-state index contributed by atoms with van der Waals surface area (Å²) in [7, 11) is 0. The fourth-order valence-electron chi connectivity index (χ4n) is 2.82. The van der Waals surface area contributed by atoms with Crippen molar-refractivity contribution in [1.29, 1.82) is 0 Å². The third-order valence-corrected chi connectivity index (χ3v) is 3.54. The Bertz CT molecular complexity index is 403. The van der Waals surface area contributed by atoms with E-state index in [0.29, 0.717) is 5.92 Å². The quantitative estimate of drug-likeness (QED) is 0.865. The summed E-state index contributed by atoms with van der Waals surface area (Å²) in [5.74, 6) is 0.514. The number of nitrogens with one attached hydrogen (secondary N) is 1. The van der Waals surface area contributed by atoms with Crippen molar-refractivity contribution in [2.45, 2.75) is 47.6 Å². The van der Waals surface area contributed by atoms with E-state index in [1.54, 1.807) is 0 Å². The average Bonchev–Trinajstić information content (AvgIpc) is 2.27. The van der Waals surface area contributed by atoms with Crippen molar-refractivity contribution in [2.24, 2.45) is 17.3 Å². The summed E-state index contributed by atoms with van der Waals surface area (Å²) in [6.45, 7) is 12.7. The summed E-state index contributed by atoms with van der Waals surface area (Å²) >= 11 is 0. The first-order valence-corrected chi connectivity index (χ1v) is 7.08. The van der Waals surface area contributed by atoms with Crippen LogP contribution >= 0.6 is 0 Å². The molecule has 0 aromatic heterocycles. The Hall–Kier alpha value is -1.31. The third-order valence-electron chi connectivity index (χ3n) is 3.54. The van der Waals surface area contributed by atoms with Crippen molar-refractivity contribution in [3.05, 3.63) is 35.9 Å². The summed E-state index contributed by atoms with van der Waals surface area (Å²) in [5.41, 5.74) is 1.13. The second-order valence-electron chi connectivity index (χ2n) is 6.73. The van der Waals surface area contributed by atoms with Gasteiger partial charge in [-0.25, -0.2) is 0 Å². The molecule has 2 nitrogen and oxygen atoms in total. The normalized spacial score (nSPS) is 15.1. The number of hydrogen-bond acceptors (Lipinski definition) is 1. The highest BCUT2D eigenvalue weighted by Crippen LogP contribution is 2.32. The Morgan fingerprint density at radius 1 is 1.05 bits per heavy atom. The molecule has 0 aliphatic carbocycles. The van der Waals surface area contributed by atoms with E-state index >= 15 is 0 Å². The van der Waals surface area contributed by atoms with Crippen LogP contribution in [-0.2, 0) is 4.79 Å². The molecule has 0 aliphatic heterocycles. The lowest BCUT2D eigenvalue weighted by Crippen LogP contribution is -2.41. The molecule has 0 saturated carbocycles. The van der Waals surface area contributed by atoms with Crippen LogP contribution in [0.4, 0.5) is 0 Å². The van der Waals surface area contributed by atoms with Crippen molar-refractivity contribution in [3.63, 3.8) is 0 Å². The van der Waals surface area contributed by atoms with Gasteiger partial charge in [-0.05, 0) is 23.8 Å². The Balaban J connectivity index is 2.78. The second-order valence-corrected chi connectivity index (χ2v) is 6.73. The van der Waals surface area contributed by atoms with Crippen LogP contribution in [0.25, 0.3) is 0 Å². The molecule has 0 spiro atoms. The number of carbonyl (C=O) groups excluding carboxylic acids is 1. The van der Waals surface area contributed by atoms with Crippen LogP contribution in [0.1, 0.15) is 53.1 Å². The van der Waals surface area contributed by atoms with Gasteiger partial charge in [0.15, 0.2) is 0 Å². The van der Waals surface area contributed by atoms with E-state index in [4.69, 9.17) is 0 Å². The van der Waals surface area contributed by atoms with Gasteiger partial charge in [-0.1, -0.05) is 65.0 Å². The molecule has 1 aromatic rings. The number of amides is 1.